The van der Waals surface area contributed by atoms with Crippen molar-refractivity contribution in [3.63, 3.8) is 0 Å². The molecule has 3 heterocycles. The van der Waals surface area contributed by atoms with Crippen LogP contribution in [0.4, 0.5) is 5.82 Å². The Bertz CT molecular complexity index is 659. The number of pyridine rings is 2. The molecule has 0 atom stereocenters. The van der Waals surface area contributed by atoms with Crippen LogP contribution in [0.3, 0.4) is 0 Å². The highest BCUT2D eigenvalue weighted by Crippen LogP contribution is 2.12. The van der Waals surface area contributed by atoms with Gasteiger partial charge in [0.25, 0.3) is 0 Å². The lowest BCUT2D eigenvalue weighted by molar-refractivity contribution is 0.883. The minimum atomic E-state index is 0.493. The van der Waals surface area contributed by atoms with E-state index in [1.807, 2.05) is 18.3 Å². The molecule has 0 aromatic carbocycles. The summed E-state index contributed by atoms with van der Waals surface area (Å²) in [6.07, 6.45) is 5.39. The summed E-state index contributed by atoms with van der Waals surface area (Å²) in [6, 6.07) is 7.67. The number of nitrogen functional groups attached to an aromatic ring is 1. The number of nitrogens with one attached hydrogen (secondary N) is 1. The molecule has 0 aliphatic heterocycles. The van der Waals surface area contributed by atoms with Crippen molar-refractivity contribution in [1.29, 1.82) is 0 Å². The quantitative estimate of drug-likeness (QED) is 0.729. The second kappa shape index (κ2) is 4.44. The Kier molecular flexibility index (Phi) is 2.64. The van der Waals surface area contributed by atoms with Crippen molar-refractivity contribution >= 4 is 17.0 Å². The van der Waals surface area contributed by atoms with Crippen LogP contribution in [-0.4, -0.2) is 19.9 Å². The second-order valence-corrected chi connectivity index (χ2v) is 4.15. The Labute approximate surface area is 104 Å². The van der Waals surface area contributed by atoms with E-state index in [-0.39, 0.29) is 0 Å². The van der Waals surface area contributed by atoms with E-state index in [1.54, 1.807) is 12.3 Å². The van der Waals surface area contributed by atoms with E-state index in [1.165, 1.54) is 5.56 Å². The third-order valence-electron chi connectivity index (χ3n) is 2.79. The summed E-state index contributed by atoms with van der Waals surface area (Å²) in [5.74, 6) is 1.42. The summed E-state index contributed by atoms with van der Waals surface area (Å²) in [5, 5.41) is 0. The zero-order valence-electron chi connectivity index (χ0n) is 9.80. The minimum absolute atomic E-state index is 0.493. The van der Waals surface area contributed by atoms with Crippen LogP contribution in [0, 0.1) is 0 Å². The summed E-state index contributed by atoms with van der Waals surface area (Å²) in [4.78, 5) is 15.9. The molecule has 0 spiro atoms. The topological polar surface area (TPSA) is 80.5 Å². The minimum Gasteiger partial charge on any atom is -0.384 e. The molecule has 0 radical (unpaired) electrons. The van der Waals surface area contributed by atoms with Gasteiger partial charge in [-0.15, -0.1) is 0 Å². The number of nitrogens with two attached hydrogens (primary N) is 1. The maximum Gasteiger partial charge on any atom is 0.179 e. The second-order valence-electron chi connectivity index (χ2n) is 4.15. The first-order valence-corrected chi connectivity index (χ1v) is 5.81. The Morgan fingerprint density at radius 1 is 1.11 bits per heavy atom. The third kappa shape index (κ3) is 2.15. The normalized spacial score (nSPS) is 10.9. The van der Waals surface area contributed by atoms with E-state index < -0.39 is 0 Å². The SMILES string of the molecule is Nc1ccc2[nH]c(CCc3cccnc3)nc2n1. The average molecular weight is 239 g/mol. The molecule has 3 aromatic heterocycles. The molecule has 90 valence electrons. The van der Waals surface area contributed by atoms with E-state index in [0.29, 0.717) is 11.5 Å². The molecule has 0 fully saturated rings. The summed E-state index contributed by atoms with van der Waals surface area (Å²) >= 11 is 0. The largest absolute Gasteiger partial charge is 0.384 e. The summed E-state index contributed by atoms with van der Waals surface area (Å²) in [7, 11) is 0. The fourth-order valence-corrected chi connectivity index (χ4v) is 1.88. The van der Waals surface area contributed by atoms with Crippen LogP contribution >= 0.6 is 0 Å². The number of hydrogen-bond donors (Lipinski definition) is 2. The zero-order chi connectivity index (χ0) is 12.4. The fourth-order valence-electron chi connectivity index (χ4n) is 1.88. The number of aryl methyl sites for hydroxylation is 2. The van der Waals surface area contributed by atoms with Crippen LogP contribution in [0.15, 0.2) is 36.7 Å². The number of H-pyrrole nitrogens is 1. The number of anilines is 1. The monoisotopic (exact) mass is 239 g/mol. The Balaban J connectivity index is 1.79. The van der Waals surface area contributed by atoms with Crippen molar-refractivity contribution in [2.75, 3.05) is 5.73 Å². The van der Waals surface area contributed by atoms with Gasteiger partial charge in [0, 0.05) is 18.8 Å². The van der Waals surface area contributed by atoms with Crippen molar-refractivity contribution in [1.82, 2.24) is 19.9 Å². The van der Waals surface area contributed by atoms with Gasteiger partial charge in [-0.05, 0) is 30.2 Å². The lowest BCUT2D eigenvalue weighted by atomic mass is 10.1. The van der Waals surface area contributed by atoms with Crippen LogP contribution in [0.25, 0.3) is 11.2 Å². The first-order chi connectivity index (χ1) is 8.81. The summed E-state index contributed by atoms with van der Waals surface area (Å²) in [6.45, 7) is 0. The van der Waals surface area contributed by atoms with E-state index in [0.717, 1.165) is 24.2 Å². The molecule has 3 N–H and O–H groups in total. The highest BCUT2D eigenvalue weighted by atomic mass is 15.0. The molecule has 0 bridgehead atoms. The van der Waals surface area contributed by atoms with Gasteiger partial charge in [-0.1, -0.05) is 6.07 Å². The molecular formula is C13H13N5. The van der Waals surface area contributed by atoms with E-state index >= 15 is 0 Å². The van der Waals surface area contributed by atoms with Gasteiger partial charge in [-0.2, -0.15) is 0 Å². The zero-order valence-corrected chi connectivity index (χ0v) is 9.80. The molecule has 5 heteroatoms. The Morgan fingerprint density at radius 3 is 2.89 bits per heavy atom. The number of rotatable bonds is 3. The molecule has 0 aliphatic carbocycles. The van der Waals surface area contributed by atoms with Gasteiger partial charge in [0.1, 0.15) is 11.6 Å². The van der Waals surface area contributed by atoms with Crippen LogP contribution < -0.4 is 5.73 Å². The number of fused-ring (bicyclic) bond motifs is 1. The van der Waals surface area contributed by atoms with Gasteiger partial charge in [0.05, 0.1) is 5.52 Å². The number of aromatic amines is 1. The van der Waals surface area contributed by atoms with Crippen LogP contribution in [0.2, 0.25) is 0 Å². The first kappa shape index (κ1) is 10.7. The summed E-state index contributed by atoms with van der Waals surface area (Å²) in [5.41, 5.74) is 8.42. The predicted octanol–water partition coefficient (Wildman–Crippen LogP) is 1.72. The van der Waals surface area contributed by atoms with Crippen molar-refractivity contribution in [2.24, 2.45) is 0 Å². The molecule has 0 amide bonds. The maximum atomic E-state index is 5.62. The van der Waals surface area contributed by atoms with Gasteiger partial charge < -0.3 is 10.7 Å². The van der Waals surface area contributed by atoms with Gasteiger partial charge in [-0.25, -0.2) is 9.97 Å². The van der Waals surface area contributed by atoms with Gasteiger partial charge in [0.15, 0.2) is 5.65 Å². The Hall–Kier alpha value is -2.43. The van der Waals surface area contributed by atoms with Crippen molar-refractivity contribution in [2.45, 2.75) is 12.8 Å². The van der Waals surface area contributed by atoms with Gasteiger partial charge in [0.2, 0.25) is 0 Å². The first-order valence-electron chi connectivity index (χ1n) is 5.81. The number of hydrogen-bond acceptors (Lipinski definition) is 4. The highest BCUT2D eigenvalue weighted by molar-refractivity contribution is 5.72. The molecule has 3 aromatic rings. The van der Waals surface area contributed by atoms with Gasteiger partial charge >= 0.3 is 0 Å². The van der Waals surface area contributed by atoms with Crippen LogP contribution in [0.5, 0.6) is 0 Å². The maximum absolute atomic E-state index is 5.62. The van der Waals surface area contributed by atoms with E-state index in [2.05, 4.69) is 26.0 Å². The number of aromatic nitrogens is 4. The van der Waals surface area contributed by atoms with E-state index in [4.69, 9.17) is 5.73 Å². The standard InChI is InChI=1S/C13H13N5/c14-11-5-4-10-13(17-11)18-12(16-10)6-3-9-2-1-7-15-8-9/h1-2,4-5,7-8H,3,6H2,(H3,14,16,17,18). The number of imidazole rings is 1. The summed E-state index contributed by atoms with van der Waals surface area (Å²) < 4.78 is 0. The molecular weight excluding hydrogens is 226 g/mol. The lowest BCUT2D eigenvalue weighted by Gasteiger charge is -1.97. The van der Waals surface area contributed by atoms with Crippen molar-refractivity contribution in [3.05, 3.63) is 48.0 Å². The number of nitrogens with zero attached hydrogens (tertiary/aromatic N) is 3. The smallest absolute Gasteiger partial charge is 0.179 e. The molecule has 0 saturated carbocycles. The molecule has 0 aliphatic rings. The molecule has 0 unspecified atom stereocenters. The Morgan fingerprint density at radius 2 is 2.06 bits per heavy atom. The van der Waals surface area contributed by atoms with Crippen molar-refractivity contribution in [3.8, 4) is 0 Å². The fraction of sp³-hybridized carbons (Fsp3) is 0.154. The average Bonchev–Trinajstić information content (AvgIpc) is 2.79. The molecule has 3 rings (SSSR count). The van der Waals surface area contributed by atoms with Crippen LogP contribution in [0.1, 0.15) is 11.4 Å². The van der Waals surface area contributed by atoms with E-state index in [9.17, 15) is 0 Å². The molecule has 0 saturated heterocycles. The molecule has 18 heavy (non-hydrogen) atoms. The van der Waals surface area contributed by atoms with Crippen molar-refractivity contribution < 1.29 is 0 Å². The molecule has 5 nitrogen and oxygen atoms in total. The van der Waals surface area contributed by atoms with Crippen LogP contribution in [-0.2, 0) is 12.8 Å². The lowest BCUT2D eigenvalue weighted by Crippen LogP contribution is -1.93. The highest BCUT2D eigenvalue weighted by Gasteiger charge is 2.04. The van der Waals surface area contributed by atoms with Gasteiger partial charge in [-0.3, -0.25) is 4.98 Å². The third-order valence-corrected chi connectivity index (χ3v) is 2.79. The predicted molar refractivity (Wildman–Crippen MR) is 69.9 cm³/mol.